The topological polar surface area (TPSA) is 97.8 Å². The van der Waals surface area contributed by atoms with E-state index in [1.807, 2.05) is 12.1 Å². The predicted octanol–water partition coefficient (Wildman–Crippen LogP) is 2.39. The molecule has 8 nitrogen and oxygen atoms in total. The zero-order valence-electron chi connectivity index (χ0n) is 14.6. The van der Waals surface area contributed by atoms with Crippen LogP contribution in [0.15, 0.2) is 46.3 Å². The van der Waals surface area contributed by atoms with Gasteiger partial charge in [-0.1, -0.05) is 12.1 Å². The highest BCUT2D eigenvalue weighted by Gasteiger charge is 2.12. The van der Waals surface area contributed by atoms with Crippen molar-refractivity contribution in [1.29, 1.82) is 0 Å². The van der Waals surface area contributed by atoms with E-state index in [9.17, 15) is 4.79 Å². The van der Waals surface area contributed by atoms with E-state index < -0.39 is 0 Å². The smallest absolute Gasteiger partial charge is 0.293 e. The minimum absolute atomic E-state index is 0.104. The van der Waals surface area contributed by atoms with E-state index in [1.54, 1.807) is 24.3 Å². The van der Waals surface area contributed by atoms with Gasteiger partial charge in [0, 0.05) is 5.56 Å². The third kappa shape index (κ3) is 3.44. The van der Waals surface area contributed by atoms with Crippen LogP contribution in [0.3, 0.4) is 0 Å². The number of nitrogens with one attached hydrogen (secondary N) is 2. The molecule has 134 valence electrons. The Morgan fingerprint density at radius 3 is 2.42 bits per heavy atom. The van der Waals surface area contributed by atoms with Gasteiger partial charge in [-0.05, 0) is 24.3 Å². The highest BCUT2D eigenvalue weighted by molar-refractivity contribution is 5.83. The number of aromatic nitrogens is 2. The second-order valence-corrected chi connectivity index (χ2v) is 5.26. The lowest BCUT2D eigenvalue weighted by Gasteiger charge is -2.12. The summed E-state index contributed by atoms with van der Waals surface area (Å²) in [7, 11) is 4.61. The Morgan fingerprint density at radius 2 is 1.77 bits per heavy atom. The first-order valence-corrected chi connectivity index (χ1v) is 7.74. The molecule has 3 rings (SSSR count). The summed E-state index contributed by atoms with van der Waals surface area (Å²) in [5.41, 5.74) is 4.33. The zero-order chi connectivity index (χ0) is 18.5. The van der Waals surface area contributed by atoms with E-state index in [4.69, 9.17) is 14.2 Å². The summed E-state index contributed by atoms with van der Waals surface area (Å²) in [4.78, 5) is 19.1. The number of hydrogen-bond acceptors (Lipinski definition) is 7. The Labute approximate surface area is 149 Å². The number of benzene rings is 2. The van der Waals surface area contributed by atoms with Crippen molar-refractivity contribution in [2.75, 3.05) is 26.8 Å². The van der Waals surface area contributed by atoms with Crippen LogP contribution in [-0.2, 0) is 0 Å². The summed E-state index contributed by atoms with van der Waals surface area (Å²) < 4.78 is 15.9. The van der Waals surface area contributed by atoms with Crippen LogP contribution >= 0.6 is 0 Å². The van der Waals surface area contributed by atoms with Gasteiger partial charge in [-0.2, -0.15) is 5.10 Å². The van der Waals surface area contributed by atoms with Crippen LogP contribution in [0.25, 0.3) is 11.0 Å². The van der Waals surface area contributed by atoms with Crippen molar-refractivity contribution in [2.24, 2.45) is 5.10 Å². The summed E-state index contributed by atoms with van der Waals surface area (Å²) in [5.74, 6) is 1.62. The van der Waals surface area contributed by atoms with E-state index in [0.29, 0.717) is 33.8 Å². The lowest BCUT2D eigenvalue weighted by Crippen LogP contribution is -2.13. The number of hydrogen-bond donors (Lipinski definition) is 2. The number of aromatic amines is 1. The number of rotatable bonds is 6. The number of H-pyrrole nitrogens is 1. The van der Waals surface area contributed by atoms with Gasteiger partial charge in [-0.25, -0.2) is 4.98 Å². The van der Waals surface area contributed by atoms with Crippen molar-refractivity contribution >= 4 is 23.1 Å². The van der Waals surface area contributed by atoms with Gasteiger partial charge in [0.1, 0.15) is 0 Å². The van der Waals surface area contributed by atoms with Crippen molar-refractivity contribution in [2.45, 2.75) is 0 Å². The van der Waals surface area contributed by atoms with Crippen molar-refractivity contribution in [3.8, 4) is 17.2 Å². The average molecular weight is 354 g/mol. The van der Waals surface area contributed by atoms with Gasteiger partial charge in [0.15, 0.2) is 11.5 Å². The minimum atomic E-state index is -0.356. The number of nitrogens with zero attached hydrogens (tertiary/aromatic N) is 2. The molecule has 0 saturated heterocycles. The SMILES string of the molecule is COc1cc(/C=N/Nc2nc3ccccc3[nH]c2=O)cc(OC)c1OC. The first-order valence-electron chi connectivity index (χ1n) is 7.74. The average Bonchev–Trinajstić information content (AvgIpc) is 2.67. The maximum absolute atomic E-state index is 12.0. The number of methoxy groups -OCH3 is 3. The zero-order valence-corrected chi connectivity index (χ0v) is 14.6. The highest BCUT2D eigenvalue weighted by atomic mass is 16.5. The summed E-state index contributed by atoms with van der Waals surface area (Å²) in [5, 5.41) is 4.08. The fourth-order valence-electron chi connectivity index (χ4n) is 2.45. The van der Waals surface area contributed by atoms with E-state index in [1.165, 1.54) is 27.5 Å². The largest absolute Gasteiger partial charge is 0.493 e. The summed E-state index contributed by atoms with van der Waals surface area (Å²) in [6, 6.07) is 10.7. The van der Waals surface area contributed by atoms with Gasteiger partial charge in [0.2, 0.25) is 11.6 Å². The van der Waals surface area contributed by atoms with E-state index >= 15 is 0 Å². The lowest BCUT2D eigenvalue weighted by atomic mass is 10.2. The molecule has 0 bridgehead atoms. The number of fused-ring (bicyclic) bond motifs is 1. The summed E-state index contributed by atoms with van der Waals surface area (Å²) in [6.07, 6.45) is 1.53. The van der Waals surface area contributed by atoms with Crippen LogP contribution in [0.2, 0.25) is 0 Å². The highest BCUT2D eigenvalue weighted by Crippen LogP contribution is 2.37. The maximum atomic E-state index is 12.0. The first kappa shape index (κ1) is 17.3. The molecular weight excluding hydrogens is 336 g/mol. The van der Waals surface area contributed by atoms with Crippen LogP contribution in [0, 0.1) is 0 Å². The molecule has 26 heavy (non-hydrogen) atoms. The Morgan fingerprint density at radius 1 is 1.08 bits per heavy atom. The fraction of sp³-hybridized carbons (Fsp3) is 0.167. The lowest BCUT2D eigenvalue weighted by molar-refractivity contribution is 0.324. The molecule has 1 aromatic heterocycles. The van der Waals surface area contributed by atoms with Crippen molar-refractivity contribution < 1.29 is 14.2 Å². The predicted molar refractivity (Wildman–Crippen MR) is 99.7 cm³/mol. The molecule has 0 unspecified atom stereocenters. The molecule has 0 fully saturated rings. The van der Waals surface area contributed by atoms with Crippen LogP contribution in [0.4, 0.5) is 5.82 Å². The van der Waals surface area contributed by atoms with Crippen LogP contribution in [-0.4, -0.2) is 37.5 Å². The standard InChI is InChI=1S/C18H18N4O4/c1-24-14-8-11(9-15(25-2)16(14)26-3)10-19-22-17-18(23)21-13-7-5-4-6-12(13)20-17/h4-10H,1-3H3,(H,20,22)(H,21,23)/b19-10+. The van der Waals surface area contributed by atoms with Gasteiger partial charge < -0.3 is 19.2 Å². The molecule has 0 aliphatic rings. The van der Waals surface area contributed by atoms with Gasteiger partial charge in [-0.15, -0.1) is 0 Å². The van der Waals surface area contributed by atoms with Crippen LogP contribution in [0.5, 0.6) is 17.2 Å². The molecule has 0 spiro atoms. The quantitative estimate of drug-likeness (QED) is 0.521. The molecule has 0 atom stereocenters. The Hall–Kier alpha value is -3.55. The second kappa shape index (κ2) is 7.56. The van der Waals surface area contributed by atoms with Crippen molar-refractivity contribution in [3.63, 3.8) is 0 Å². The maximum Gasteiger partial charge on any atom is 0.293 e. The molecule has 0 radical (unpaired) electrons. The number of ether oxygens (including phenoxy) is 3. The molecule has 2 N–H and O–H groups in total. The van der Waals surface area contributed by atoms with Crippen LogP contribution < -0.4 is 25.2 Å². The van der Waals surface area contributed by atoms with Crippen LogP contribution in [0.1, 0.15) is 5.56 Å². The third-order valence-electron chi connectivity index (χ3n) is 3.67. The van der Waals surface area contributed by atoms with Gasteiger partial charge >= 0.3 is 0 Å². The minimum Gasteiger partial charge on any atom is -0.493 e. The van der Waals surface area contributed by atoms with E-state index in [0.717, 1.165) is 0 Å². The van der Waals surface area contributed by atoms with Gasteiger partial charge in [0.05, 0.1) is 38.6 Å². The fourth-order valence-corrected chi connectivity index (χ4v) is 2.45. The normalized spacial score (nSPS) is 10.9. The van der Waals surface area contributed by atoms with E-state index in [-0.39, 0.29) is 11.4 Å². The summed E-state index contributed by atoms with van der Waals surface area (Å²) >= 11 is 0. The number of para-hydroxylation sites is 2. The molecule has 0 aliphatic heterocycles. The molecular formula is C18H18N4O4. The third-order valence-corrected chi connectivity index (χ3v) is 3.67. The molecule has 1 heterocycles. The molecule has 8 heteroatoms. The molecule has 2 aromatic carbocycles. The Bertz CT molecular complexity index is 988. The molecule has 0 aliphatic carbocycles. The number of hydrazone groups is 1. The number of anilines is 1. The van der Waals surface area contributed by atoms with Crippen molar-refractivity contribution in [1.82, 2.24) is 9.97 Å². The Kier molecular flexibility index (Phi) is 5.02. The molecule has 3 aromatic rings. The molecule has 0 amide bonds. The monoisotopic (exact) mass is 354 g/mol. The second-order valence-electron chi connectivity index (χ2n) is 5.26. The molecule has 0 saturated carbocycles. The van der Waals surface area contributed by atoms with E-state index in [2.05, 4.69) is 20.5 Å². The van der Waals surface area contributed by atoms with Gasteiger partial charge in [0.25, 0.3) is 5.56 Å². The van der Waals surface area contributed by atoms with Gasteiger partial charge in [-0.3, -0.25) is 10.2 Å². The van der Waals surface area contributed by atoms with Crippen molar-refractivity contribution in [3.05, 3.63) is 52.3 Å². The summed E-state index contributed by atoms with van der Waals surface area (Å²) in [6.45, 7) is 0. The Balaban J connectivity index is 1.87. The first-order chi connectivity index (χ1) is 12.7.